The first-order valence-corrected chi connectivity index (χ1v) is 4.22. The van der Waals surface area contributed by atoms with Gasteiger partial charge in [-0.3, -0.25) is 0 Å². The Labute approximate surface area is 85.2 Å². The van der Waals surface area contributed by atoms with Crippen LogP contribution in [0.15, 0.2) is 36.4 Å². The summed E-state index contributed by atoms with van der Waals surface area (Å²) in [5.41, 5.74) is 0. The number of para-hydroxylation sites is 1. The average molecular weight is 206 g/mol. The Kier molecular flexibility index (Phi) is 2.58. The lowest BCUT2D eigenvalue weighted by Crippen LogP contribution is -1.93. The summed E-state index contributed by atoms with van der Waals surface area (Å²) in [7, 11) is 0. The predicted molar refractivity (Wildman–Crippen MR) is 49.5 cm³/mol. The van der Waals surface area contributed by atoms with Gasteiger partial charge in [0.25, 0.3) is 0 Å². The number of nitrogens with zero attached hydrogens (tertiary/aromatic N) is 1. The molecule has 1 aromatic heterocycles. The third kappa shape index (κ3) is 2.10. The lowest BCUT2D eigenvalue weighted by Gasteiger charge is -2.05. The standard InChI is InChI=1S/C11H6F2NO/c12-8-4-3-5-9(13)11(8)15-10-6-1-2-7-14-10/h1-6H. The van der Waals surface area contributed by atoms with Crippen molar-refractivity contribution in [3.63, 3.8) is 0 Å². The molecule has 15 heavy (non-hydrogen) atoms. The topological polar surface area (TPSA) is 22.1 Å². The van der Waals surface area contributed by atoms with E-state index in [1.165, 1.54) is 12.1 Å². The maximum Gasteiger partial charge on any atom is 0.220 e. The highest BCUT2D eigenvalue weighted by Gasteiger charge is 2.10. The van der Waals surface area contributed by atoms with Gasteiger partial charge in [0, 0.05) is 6.07 Å². The molecule has 2 rings (SSSR count). The molecule has 0 bridgehead atoms. The molecule has 0 saturated heterocycles. The molecule has 1 aromatic carbocycles. The van der Waals surface area contributed by atoms with E-state index in [1.54, 1.807) is 12.1 Å². The van der Waals surface area contributed by atoms with Crippen LogP contribution in [0.1, 0.15) is 0 Å². The fourth-order valence-electron chi connectivity index (χ4n) is 1.05. The van der Waals surface area contributed by atoms with E-state index in [-0.39, 0.29) is 5.88 Å². The summed E-state index contributed by atoms with van der Waals surface area (Å²) in [5.74, 6) is -1.88. The predicted octanol–water partition coefficient (Wildman–Crippen LogP) is 2.95. The fourth-order valence-corrected chi connectivity index (χ4v) is 1.05. The van der Waals surface area contributed by atoms with Gasteiger partial charge in [-0.2, -0.15) is 0 Å². The zero-order valence-corrected chi connectivity index (χ0v) is 7.58. The number of ether oxygens (including phenoxy) is 1. The van der Waals surface area contributed by atoms with Gasteiger partial charge in [0.2, 0.25) is 11.6 Å². The van der Waals surface area contributed by atoms with Crippen LogP contribution in [-0.2, 0) is 0 Å². The smallest absolute Gasteiger partial charge is 0.220 e. The Morgan fingerprint density at radius 2 is 1.80 bits per heavy atom. The van der Waals surface area contributed by atoms with E-state index >= 15 is 0 Å². The van der Waals surface area contributed by atoms with E-state index in [9.17, 15) is 8.78 Å². The molecule has 0 saturated carbocycles. The minimum atomic E-state index is -0.763. The minimum Gasteiger partial charge on any atom is -0.433 e. The molecule has 2 nitrogen and oxygen atoms in total. The number of aromatic nitrogens is 1. The third-order valence-corrected chi connectivity index (χ3v) is 1.71. The average Bonchev–Trinajstić information content (AvgIpc) is 2.25. The second-order valence-electron chi connectivity index (χ2n) is 2.76. The van der Waals surface area contributed by atoms with Gasteiger partial charge in [-0.05, 0) is 18.2 Å². The Morgan fingerprint density at radius 3 is 2.40 bits per heavy atom. The van der Waals surface area contributed by atoms with Gasteiger partial charge in [0.05, 0.1) is 6.20 Å². The second kappa shape index (κ2) is 4.04. The largest absolute Gasteiger partial charge is 0.433 e. The zero-order chi connectivity index (χ0) is 10.7. The molecule has 0 amide bonds. The van der Waals surface area contributed by atoms with Crippen LogP contribution in [0, 0.1) is 17.8 Å². The van der Waals surface area contributed by atoms with Crippen LogP contribution in [0.2, 0.25) is 0 Å². The third-order valence-electron chi connectivity index (χ3n) is 1.71. The summed E-state index contributed by atoms with van der Waals surface area (Å²) in [6.45, 7) is 0. The van der Waals surface area contributed by atoms with Crippen molar-refractivity contribution in [3.8, 4) is 11.6 Å². The molecule has 0 aliphatic rings. The van der Waals surface area contributed by atoms with E-state index in [4.69, 9.17) is 4.74 Å². The molecule has 75 valence electrons. The Bertz CT molecular complexity index is 439. The summed E-state index contributed by atoms with van der Waals surface area (Å²) in [5, 5.41) is 0. The van der Waals surface area contributed by atoms with E-state index in [0.29, 0.717) is 0 Å². The van der Waals surface area contributed by atoms with Crippen molar-refractivity contribution in [3.05, 3.63) is 54.2 Å². The quantitative estimate of drug-likeness (QED) is 0.753. The molecule has 0 aliphatic carbocycles. The first-order chi connectivity index (χ1) is 7.27. The van der Waals surface area contributed by atoms with Gasteiger partial charge in [-0.1, -0.05) is 12.1 Å². The van der Waals surface area contributed by atoms with Crippen LogP contribution in [0.5, 0.6) is 11.6 Å². The van der Waals surface area contributed by atoms with Gasteiger partial charge in [0.1, 0.15) is 0 Å². The molecule has 0 atom stereocenters. The first kappa shape index (κ1) is 9.58. The Morgan fingerprint density at radius 1 is 1.07 bits per heavy atom. The normalized spacial score (nSPS) is 10.0. The van der Waals surface area contributed by atoms with E-state index < -0.39 is 17.4 Å². The molecule has 0 aliphatic heterocycles. The SMILES string of the molecule is Fc1cccc(F)c1Oc1ccc[c]n1. The Balaban J connectivity index is 2.32. The highest BCUT2D eigenvalue weighted by Crippen LogP contribution is 2.25. The number of halogens is 2. The number of rotatable bonds is 2. The van der Waals surface area contributed by atoms with Crippen molar-refractivity contribution >= 4 is 0 Å². The molecule has 0 spiro atoms. The van der Waals surface area contributed by atoms with Crippen molar-refractivity contribution in [2.75, 3.05) is 0 Å². The van der Waals surface area contributed by atoms with Gasteiger partial charge in [-0.25, -0.2) is 13.8 Å². The van der Waals surface area contributed by atoms with Crippen molar-refractivity contribution < 1.29 is 13.5 Å². The van der Waals surface area contributed by atoms with Gasteiger partial charge in [0.15, 0.2) is 11.6 Å². The molecule has 2 aromatic rings. The lowest BCUT2D eigenvalue weighted by molar-refractivity contribution is 0.395. The van der Waals surface area contributed by atoms with Crippen LogP contribution < -0.4 is 4.74 Å². The van der Waals surface area contributed by atoms with E-state index in [0.717, 1.165) is 12.1 Å². The summed E-state index contributed by atoms with van der Waals surface area (Å²) in [6.07, 6.45) is 2.50. The molecule has 0 fully saturated rings. The molecule has 0 unspecified atom stereocenters. The highest BCUT2D eigenvalue weighted by molar-refractivity contribution is 5.29. The van der Waals surface area contributed by atoms with Gasteiger partial charge < -0.3 is 4.74 Å². The number of benzene rings is 1. The second-order valence-corrected chi connectivity index (χ2v) is 2.76. The molecular weight excluding hydrogens is 200 g/mol. The van der Waals surface area contributed by atoms with Gasteiger partial charge in [-0.15, -0.1) is 0 Å². The molecule has 1 radical (unpaired) electrons. The summed E-state index contributed by atoms with van der Waals surface area (Å²) < 4.78 is 31.2. The molecular formula is C11H6F2NO. The molecule has 0 N–H and O–H groups in total. The maximum absolute atomic E-state index is 13.1. The number of pyridine rings is 1. The van der Waals surface area contributed by atoms with Crippen LogP contribution in [0.3, 0.4) is 0 Å². The highest BCUT2D eigenvalue weighted by atomic mass is 19.1. The fraction of sp³-hybridized carbons (Fsp3) is 0. The van der Waals surface area contributed by atoms with Crippen molar-refractivity contribution in [2.45, 2.75) is 0 Å². The maximum atomic E-state index is 13.1. The van der Waals surface area contributed by atoms with E-state index in [1.807, 2.05) is 0 Å². The van der Waals surface area contributed by atoms with Crippen LogP contribution in [0.4, 0.5) is 8.78 Å². The van der Waals surface area contributed by atoms with Crippen LogP contribution >= 0.6 is 0 Å². The molecule has 4 heteroatoms. The zero-order valence-electron chi connectivity index (χ0n) is 7.58. The first-order valence-electron chi connectivity index (χ1n) is 4.22. The summed E-state index contributed by atoms with van der Waals surface area (Å²) >= 11 is 0. The summed E-state index contributed by atoms with van der Waals surface area (Å²) in [4.78, 5) is 3.68. The van der Waals surface area contributed by atoms with Crippen molar-refractivity contribution in [1.82, 2.24) is 4.98 Å². The van der Waals surface area contributed by atoms with E-state index in [2.05, 4.69) is 11.2 Å². The lowest BCUT2D eigenvalue weighted by atomic mass is 10.3. The summed E-state index contributed by atoms with van der Waals surface area (Å²) in [6, 6.07) is 8.16. The number of hydrogen-bond donors (Lipinski definition) is 0. The monoisotopic (exact) mass is 206 g/mol. The van der Waals surface area contributed by atoms with Crippen LogP contribution in [0.25, 0.3) is 0 Å². The Hall–Kier alpha value is -1.97. The minimum absolute atomic E-state index is 0.0986. The van der Waals surface area contributed by atoms with Crippen LogP contribution in [-0.4, -0.2) is 4.98 Å². The van der Waals surface area contributed by atoms with Gasteiger partial charge >= 0.3 is 0 Å². The molecule has 1 heterocycles. The van der Waals surface area contributed by atoms with Crippen molar-refractivity contribution in [2.24, 2.45) is 0 Å². The van der Waals surface area contributed by atoms with Crippen molar-refractivity contribution in [1.29, 1.82) is 0 Å². The number of hydrogen-bond acceptors (Lipinski definition) is 2.